The van der Waals surface area contributed by atoms with Gasteiger partial charge in [-0.15, -0.1) is 0 Å². The lowest BCUT2D eigenvalue weighted by Gasteiger charge is -2.20. The molecule has 0 aromatic carbocycles. The summed E-state index contributed by atoms with van der Waals surface area (Å²) in [4.78, 5) is 24.9. The topological polar surface area (TPSA) is 69.6 Å². The maximum Gasteiger partial charge on any atom is 0.311 e. The molecule has 0 aromatic heterocycles. The summed E-state index contributed by atoms with van der Waals surface area (Å²) in [6, 6.07) is 0. The van der Waals surface area contributed by atoms with E-state index in [1.807, 2.05) is 0 Å². The van der Waals surface area contributed by atoms with Gasteiger partial charge in [0.15, 0.2) is 0 Å². The number of amides is 1. The van der Waals surface area contributed by atoms with Crippen molar-refractivity contribution in [2.75, 3.05) is 26.2 Å². The Hall–Kier alpha value is -1.10. The molecule has 2 aliphatic rings. The molecule has 1 amide bonds. The molecular weight excluding hydrogens is 232 g/mol. The van der Waals surface area contributed by atoms with Crippen molar-refractivity contribution in [3.05, 3.63) is 0 Å². The molecule has 2 N–H and O–H groups in total. The van der Waals surface area contributed by atoms with Gasteiger partial charge in [0.1, 0.15) is 0 Å². The molecule has 2 rings (SSSR count). The zero-order valence-electron chi connectivity index (χ0n) is 10.9. The van der Waals surface area contributed by atoms with E-state index in [-0.39, 0.29) is 5.91 Å². The Bertz CT molecular complexity index is 339. The van der Waals surface area contributed by atoms with Crippen LogP contribution in [-0.2, 0) is 9.59 Å². The maximum atomic E-state index is 12.0. The zero-order chi connectivity index (χ0) is 13.2. The minimum Gasteiger partial charge on any atom is -0.481 e. The van der Waals surface area contributed by atoms with E-state index in [2.05, 4.69) is 5.32 Å². The van der Waals surface area contributed by atoms with Crippen molar-refractivity contribution < 1.29 is 14.7 Å². The molecule has 5 heteroatoms. The third kappa shape index (κ3) is 2.83. The molecule has 2 atom stereocenters. The molecule has 102 valence electrons. The second-order valence-electron chi connectivity index (χ2n) is 5.83. The SMILES string of the molecule is CC1(C(=O)O)CCN(C(=O)CCC2CCNC2)C1. The van der Waals surface area contributed by atoms with Crippen LogP contribution in [0.25, 0.3) is 0 Å². The largest absolute Gasteiger partial charge is 0.481 e. The first-order valence-corrected chi connectivity index (χ1v) is 6.73. The number of rotatable bonds is 4. The van der Waals surface area contributed by atoms with Gasteiger partial charge < -0.3 is 15.3 Å². The van der Waals surface area contributed by atoms with Gasteiger partial charge in [0.05, 0.1) is 5.41 Å². The minimum atomic E-state index is -0.794. The molecule has 5 nitrogen and oxygen atoms in total. The molecule has 2 aliphatic heterocycles. The van der Waals surface area contributed by atoms with Crippen molar-refractivity contribution in [2.24, 2.45) is 11.3 Å². The minimum absolute atomic E-state index is 0.117. The summed E-state index contributed by atoms with van der Waals surface area (Å²) in [6.45, 7) is 4.75. The van der Waals surface area contributed by atoms with Crippen LogP contribution >= 0.6 is 0 Å². The average Bonchev–Trinajstić information content (AvgIpc) is 2.95. The van der Waals surface area contributed by atoms with Gasteiger partial charge in [-0.3, -0.25) is 9.59 Å². The standard InChI is InChI=1S/C13H22N2O3/c1-13(12(17)18)5-7-15(9-13)11(16)3-2-10-4-6-14-8-10/h10,14H,2-9H2,1H3,(H,17,18). The summed E-state index contributed by atoms with van der Waals surface area (Å²) in [5, 5.41) is 12.4. The monoisotopic (exact) mass is 254 g/mol. The lowest BCUT2D eigenvalue weighted by atomic mass is 9.90. The predicted molar refractivity (Wildman–Crippen MR) is 67.2 cm³/mol. The quantitative estimate of drug-likeness (QED) is 0.775. The van der Waals surface area contributed by atoms with Crippen LogP contribution in [0.5, 0.6) is 0 Å². The Morgan fingerprint density at radius 3 is 2.83 bits per heavy atom. The molecule has 0 aromatic rings. The van der Waals surface area contributed by atoms with Crippen LogP contribution in [0, 0.1) is 11.3 Å². The van der Waals surface area contributed by atoms with Gasteiger partial charge >= 0.3 is 5.97 Å². The molecular formula is C13H22N2O3. The number of hydrogen-bond acceptors (Lipinski definition) is 3. The summed E-state index contributed by atoms with van der Waals surface area (Å²) >= 11 is 0. The van der Waals surface area contributed by atoms with E-state index in [1.165, 1.54) is 0 Å². The summed E-state index contributed by atoms with van der Waals surface area (Å²) in [6.07, 6.45) is 3.20. The average molecular weight is 254 g/mol. The van der Waals surface area contributed by atoms with Crippen molar-refractivity contribution in [3.63, 3.8) is 0 Å². The first-order valence-electron chi connectivity index (χ1n) is 6.73. The first kappa shape index (κ1) is 13.3. The normalized spacial score (nSPS) is 31.8. The van der Waals surface area contributed by atoms with Crippen molar-refractivity contribution in [3.8, 4) is 0 Å². The van der Waals surface area contributed by atoms with E-state index in [0.717, 1.165) is 25.9 Å². The Balaban J connectivity index is 1.78. The Morgan fingerprint density at radius 1 is 1.50 bits per heavy atom. The van der Waals surface area contributed by atoms with Crippen LogP contribution in [-0.4, -0.2) is 48.1 Å². The van der Waals surface area contributed by atoms with E-state index >= 15 is 0 Å². The fourth-order valence-corrected chi connectivity index (χ4v) is 2.80. The Morgan fingerprint density at radius 2 is 2.28 bits per heavy atom. The zero-order valence-corrected chi connectivity index (χ0v) is 10.9. The molecule has 0 bridgehead atoms. The highest BCUT2D eigenvalue weighted by Gasteiger charge is 2.41. The fraction of sp³-hybridized carbons (Fsp3) is 0.846. The van der Waals surface area contributed by atoms with Gasteiger partial charge in [-0.05, 0) is 45.2 Å². The number of carboxylic acid groups (broad SMARTS) is 1. The molecule has 0 aliphatic carbocycles. The molecule has 18 heavy (non-hydrogen) atoms. The number of likely N-dealkylation sites (tertiary alicyclic amines) is 1. The lowest BCUT2D eigenvalue weighted by Crippen LogP contribution is -2.35. The summed E-state index contributed by atoms with van der Waals surface area (Å²) in [7, 11) is 0. The molecule has 0 radical (unpaired) electrons. The van der Waals surface area contributed by atoms with Crippen LogP contribution in [0.4, 0.5) is 0 Å². The van der Waals surface area contributed by atoms with Gasteiger partial charge in [0, 0.05) is 19.5 Å². The highest BCUT2D eigenvalue weighted by molar-refractivity contribution is 5.80. The fourth-order valence-electron chi connectivity index (χ4n) is 2.80. The van der Waals surface area contributed by atoms with Gasteiger partial charge in [-0.1, -0.05) is 0 Å². The van der Waals surface area contributed by atoms with E-state index < -0.39 is 11.4 Å². The smallest absolute Gasteiger partial charge is 0.311 e. The Kier molecular flexibility index (Phi) is 3.90. The highest BCUT2D eigenvalue weighted by Crippen LogP contribution is 2.30. The van der Waals surface area contributed by atoms with Crippen LogP contribution in [0.15, 0.2) is 0 Å². The molecule has 2 unspecified atom stereocenters. The third-order valence-electron chi connectivity index (χ3n) is 4.27. The number of nitrogens with one attached hydrogen (secondary N) is 1. The van der Waals surface area contributed by atoms with E-state index in [1.54, 1.807) is 11.8 Å². The number of carboxylic acids is 1. The molecule has 2 heterocycles. The van der Waals surface area contributed by atoms with Crippen LogP contribution < -0.4 is 5.32 Å². The van der Waals surface area contributed by atoms with Gasteiger partial charge in [-0.25, -0.2) is 0 Å². The number of carbonyl (C=O) groups is 2. The van der Waals surface area contributed by atoms with E-state index in [0.29, 0.717) is 31.8 Å². The highest BCUT2D eigenvalue weighted by atomic mass is 16.4. The summed E-state index contributed by atoms with van der Waals surface area (Å²) < 4.78 is 0. The van der Waals surface area contributed by atoms with Crippen molar-refractivity contribution >= 4 is 11.9 Å². The summed E-state index contributed by atoms with van der Waals surface area (Å²) in [5.74, 6) is -0.0629. The second-order valence-corrected chi connectivity index (χ2v) is 5.83. The van der Waals surface area contributed by atoms with Gasteiger partial charge in [0.25, 0.3) is 0 Å². The lowest BCUT2D eigenvalue weighted by molar-refractivity contribution is -0.147. The molecule has 2 fully saturated rings. The van der Waals surface area contributed by atoms with Crippen molar-refractivity contribution in [1.29, 1.82) is 0 Å². The van der Waals surface area contributed by atoms with Crippen molar-refractivity contribution in [1.82, 2.24) is 10.2 Å². The van der Waals surface area contributed by atoms with Gasteiger partial charge in [0.2, 0.25) is 5.91 Å². The molecule has 0 spiro atoms. The van der Waals surface area contributed by atoms with Crippen molar-refractivity contribution in [2.45, 2.75) is 32.6 Å². The van der Waals surface area contributed by atoms with E-state index in [9.17, 15) is 9.59 Å². The van der Waals surface area contributed by atoms with Crippen LogP contribution in [0.1, 0.15) is 32.6 Å². The van der Waals surface area contributed by atoms with Crippen LogP contribution in [0.3, 0.4) is 0 Å². The number of hydrogen-bond donors (Lipinski definition) is 2. The van der Waals surface area contributed by atoms with E-state index in [4.69, 9.17) is 5.11 Å². The maximum absolute atomic E-state index is 12.0. The second kappa shape index (κ2) is 5.26. The predicted octanol–water partition coefficient (Wildman–Crippen LogP) is 0.699. The van der Waals surface area contributed by atoms with Crippen LogP contribution in [0.2, 0.25) is 0 Å². The summed E-state index contributed by atoms with van der Waals surface area (Å²) in [5.41, 5.74) is -0.745. The third-order valence-corrected chi connectivity index (χ3v) is 4.27. The number of aliphatic carboxylic acids is 1. The molecule has 0 saturated carbocycles. The first-order chi connectivity index (χ1) is 8.51. The number of carbonyl (C=O) groups excluding carboxylic acids is 1. The Labute approximate surface area is 108 Å². The number of nitrogens with zero attached hydrogens (tertiary/aromatic N) is 1. The van der Waals surface area contributed by atoms with Gasteiger partial charge in [-0.2, -0.15) is 0 Å². The molecule has 2 saturated heterocycles.